The maximum atomic E-state index is 8.54. The molecule has 1 N–H and O–H groups in total. The van der Waals surface area contributed by atoms with E-state index in [0.717, 1.165) is 0 Å². The molecule has 1 aromatic rings. The monoisotopic (exact) mass is 283 g/mol. The summed E-state index contributed by atoms with van der Waals surface area (Å²) in [4.78, 5) is 4.25. The molecule has 6 heteroatoms. The highest BCUT2D eigenvalue weighted by molar-refractivity contribution is 8.13. The first-order valence-corrected chi connectivity index (χ1v) is 6.91. The third-order valence-corrected chi connectivity index (χ3v) is 2.74. The van der Waals surface area contributed by atoms with Gasteiger partial charge >= 0.3 is 0 Å². The standard InChI is InChI=1S/C12H14ClN3OS/c1-8(2)17-11-5-4-9(6-10(11)13)16-12(18-3)15-7-14/h4-6,8H,1-3H3,(H,15,16). The number of benzene rings is 1. The van der Waals surface area contributed by atoms with Gasteiger partial charge in [0, 0.05) is 0 Å². The lowest BCUT2D eigenvalue weighted by Gasteiger charge is -2.11. The van der Waals surface area contributed by atoms with Crippen LogP contribution in [0.2, 0.25) is 5.02 Å². The molecule has 0 radical (unpaired) electrons. The molecule has 0 saturated heterocycles. The van der Waals surface area contributed by atoms with Crippen LogP contribution >= 0.6 is 23.4 Å². The first-order valence-electron chi connectivity index (χ1n) is 5.30. The van der Waals surface area contributed by atoms with Gasteiger partial charge in [-0.2, -0.15) is 5.26 Å². The molecule has 0 aliphatic heterocycles. The van der Waals surface area contributed by atoms with E-state index in [0.29, 0.717) is 21.6 Å². The van der Waals surface area contributed by atoms with Crippen molar-refractivity contribution in [2.45, 2.75) is 20.0 Å². The summed E-state index contributed by atoms with van der Waals surface area (Å²) in [7, 11) is 0. The van der Waals surface area contributed by atoms with Gasteiger partial charge in [-0.3, -0.25) is 5.32 Å². The summed E-state index contributed by atoms with van der Waals surface area (Å²) in [5, 5.41) is 12.1. The molecule has 18 heavy (non-hydrogen) atoms. The minimum absolute atomic E-state index is 0.0684. The first-order chi connectivity index (χ1) is 8.56. The van der Waals surface area contributed by atoms with Crippen molar-refractivity contribution < 1.29 is 4.74 Å². The molecule has 1 rings (SSSR count). The van der Waals surface area contributed by atoms with E-state index >= 15 is 0 Å². The van der Waals surface area contributed by atoms with Crippen molar-refractivity contribution in [1.82, 2.24) is 5.32 Å². The summed E-state index contributed by atoms with van der Waals surface area (Å²) in [5.74, 6) is 0.629. The van der Waals surface area contributed by atoms with Crippen LogP contribution in [0.4, 0.5) is 5.69 Å². The molecule has 4 nitrogen and oxygen atoms in total. The highest BCUT2D eigenvalue weighted by Crippen LogP contribution is 2.30. The van der Waals surface area contributed by atoms with Crippen molar-refractivity contribution in [3.8, 4) is 11.9 Å². The van der Waals surface area contributed by atoms with Crippen molar-refractivity contribution in [3.63, 3.8) is 0 Å². The number of hydrogen-bond acceptors (Lipinski definition) is 4. The van der Waals surface area contributed by atoms with E-state index in [1.54, 1.807) is 18.2 Å². The lowest BCUT2D eigenvalue weighted by Crippen LogP contribution is -2.12. The Morgan fingerprint density at radius 3 is 2.78 bits per heavy atom. The number of nitriles is 1. The maximum absolute atomic E-state index is 8.54. The Kier molecular flexibility index (Phi) is 5.83. The molecule has 0 unspecified atom stereocenters. The molecule has 0 bridgehead atoms. The fourth-order valence-electron chi connectivity index (χ4n) is 1.20. The second-order valence-electron chi connectivity index (χ2n) is 3.64. The maximum Gasteiger partial charge on any atom is 0.183 e. The summed E-state index contributed by atoms with van der Waals surface area (Å²) < 4.78 is 5.53. The Morgan fingerprint density at radius 1 is 1.56 bits per heavy atom. The minimum Gasteiger partial charge on any atom is -0.489 e. The van der Waals surface area contributed by atoms with Crippen LogP contribution in [0.15, 0.2) is 23.2 Å². The molecule has 0 aromatic heterocycles. The molecule has 96 valence electrons. The van der Waals surface area contributed by atoms with Gasteiger partial charge < -0.3 is 4.74 Å². The average Bonchev–Trinajstić information content (AvgIpc) is 2.31. The van der Waals surface area contributed by atoms with Crippen molar-refractivity contribution in [2.24, 2.45) is 4.99 Å². The van der Waals surface area contributed by atoms with Gasteiger partial charge in [0.15, 0.2) is 11.4 Å². The van der Waals surface area contributed by atoms with Crippen LogP contribution in [0.5, 0.6) is 5.75 Å². The predicted molar refractivity (Wildman–Crippen MR) is 76.6 cm³/mol. The van der Waals surface area contributed by atoms with E-state index in [1.165, 1.54) is 11.8 Å². The van der Waals surface area contributed by atoms with Gasteiger partial charge in [-0.25, -0.2) is 4.99 Å². The minimum atomic E-state index is 0.0684. The molecular formula is C12H14ClN3OS. The molecule has 1 aromatic carbocycles. The van der Waals surface area contributed by atoms with Crippen LogP contribution in [0, 0.1) is 11.5 Å². The van der Waals surface area contributed by atoms with Gasteiger partial charge in [0.25, 0.3) is 0 Å². The van der Waals surface area contributed by atoms with E-state index in [1.807, 2.05) is 26.3 Å². The van der Waals surface area contributed by atoms with E-state index in [2.05, 4.69) is 10.3 Å². The lowest BCUT2D eigenvalue weighted by molar-refractivity contribution is 0.242. The quantitative estimate of drug-likeness (QED) is 0.399. The third kappa shape index (κ3) is 4.47. The second kappa shape index (κ2) is 7.14. The number of thioether (sulfide) groups is 1. The van der Waals surface area contributed by atoms with Crippen molar-refractivity contribution in [3.05, 3.63) is 23.2 Å². The summed E-state index contributed by atoms with van der Waals surface area (Å²) in [6, 6.07) is 5.26. The summed E-state index contributed by atoms with van der Waals surface area (Å²) in [5.41, 5.74) is 0.670. The lowest BCUT2D eigenvalue weighted by atomic mass is 10.3. The van der Waals surface area contributed by atoms with Crippen LogP contribution in [0.3, 0.4) is 0 Å². The number of rotatable bonds is 3. The number of amidine groups is 1. The number of nitrogens with one attached hydrogen (secondary N) is 1. The van der Waals surface area contributed by atoms with E-state index < -0.39 is 0 Å². The molecule has 0 aliphatic rings. The third-order valence-electron chi connectivity index (χ3n) is 1.86. The summed E-state index contributed by atoms with van der Waals surface area (Å²) in [6.45, 7) is 3.87. The number of nitrogens with zero attached hydrogens (tertiary/aromatic N) is 2. The Morgan fingerprint density at radius 2 is 2.28 bits per heavy atom. The molecule has 0 spiro atoms. The normalized spacial score (nSPS) is 11.2. The highest BCUT2D eigenvalue weighted by Gasteiger charge is 2.05. The van der Waals surface area contributed by atoms with Crippen LogP contribution in [-0.2, 0) is 0 Å². The fraction of sp³-hybridized carbons (Fsp3) is 0.333. The molecule has 0 atom stereocenters. The van der Waals surface area contributed by atoms with E-state index in [9.17, 15) is 0 Å². The molecule has 0 heterocycles. The van der Waals surface area contributed by atoms with Crippen LogP contribution < -0.4 is 10.1 Å². The Balaban J connectivity index is 2.94. The van der Waals surface area contributed by atoms with Gasteiger partial charge in [0.2, 0.25) is 0 Å². The molecular weight excluding hydrogens is 270 g/mol. The fourth-order valence-corrected chi connectivity index (χ4v) is 1.76. The largest absolute Gasteiger partial charge is 0.489 e. The van der Waals surface area contributed by atoms with Gasteiger partial charge in [-0.05, 0) is 38.3 Å². The SMILES string of the molecule is CSC(=Nc1ccc(OC(C)C)c(Cl)c1)NC#N. The average molecular weight is 284 g/mol. The van der Waals surface area contributed by atoms with Crippen molar-refractivity contribution in [2.75, 3.05) is 6.26 Å². The second-order valence-corrected chi connectivity index (χ2v) is 4.84. The summed E-state index contributed by atoms with van der Waals surface area (Å²) in [6.07, 6.45) is 3.73. The van der Waals surface area contributed by atoms with Crippen molar-refractivity contribution in [1.29, 1.82) is 5.26 Å². The molecule has 0 fully saturated rings. The van der Waals surface area contributed by atoms with Gasteiger partial charge in [0.05, 0.1) is 16.8 Å². The van der Waals surface area contributed by atoms with Crippen LogP contribution in [-0.4, -0.2) is 17.5 Å². The van der Waals surface area contributed by atoms with Crippen LogP contribution in [0.25, 0.3) is 0 Å². The Hall–Kier alpha value is -1.38. The number of halogens is 1. The predicted octanol–water partition coefficient (Wildman–Crippen LogP) is 3.55. The highest BCUT2D eigenvalue weighted by atomic mass is 35.5. The first kappa shape index (κ1) is 14.7. The van der Waals surface area contributed by atoms with Crippen molar-refractivity contribution >= 4 is 34.2 Å². The smallest absolute Gasteiger partial charge is 0.183 e. The molecule has 0 amide bonds. The zero-order valence-electron chi connectivity index (χ0n) is 10.4. The van der Waals surface area contributed by atoms with Gasteiger partial charge in [-0.15, -0.1) is 0 Å². The molecule has 0 aliphatic carbocycles. The van der Waals surface area contributed by atoms with E-state index in [4.69, 9.17) is 21.6 Å². The topological polar surface area (TPSA) is 57.4 Å². The molecule has 0 saturated carbocycles. The summed E-state index contributed by atoms with van der Waals surface area (Å²) >= 11 is 7.44. The Labute approximate surface area is 116 Å². The number of ether oxygens (including phenoxy) is 1. The zero-order valence-corrected chi connectivity index (χ0v) is 12.0. The number of hydrogen-bond donors (Lipinski definition) is 1. The van der Waals surface area contributed by atoms with Crippen LogP contribution in [0.1, 0.15) is 13.8 Å². The Bertz CT molecular complexity index is 483. The number of aliphatic imine (C=N–C) groups is 1. The van der Waals surface area contributed by atoms with Gasteiger partial charge in [0.1, 0.15) is 5.75 Å². The van der Waals surface area contributed by atoms with Gasteiger partial charge in [-0.1, -0.05) is 23.4 Å². The zero-order chi connectivity index (χ0) is 13.5. The van der Waals surface area contributed by atoms with E-state index in [-0.39, 0.29) is 6.10 Å².